The summed E-state index contributed by atoms with van der Waals surface area (Å²) < 4.78 is 1.35. The van der Waals surface area contributed by atoms with Crippen molar-refractivity contribution in [3.8, 4) is 0 Å². The SMILES string of the molecule is CC1(C)CCCC(C)(C)N1c1ccccc1I. The van der Waals surface area contributed by atoms with Gasteiger partial charge in [0.15, 0.2) is 0 Å². The molecule has 0 bridgehead atoms. The molecule has 1 aromatic rings. The first-order chi connectivity index (χ1) is 7.84. The van der Waals surface area contributed by atoms with Gasteiger partial charge in [0.25, 0.3) is 0 Å². The number of hydrogen-bond acceptors (Lipinski definition) is 1. The summed E-state index contributed by atoms with van der Waals surface area (Å²) in [5, 5.41) is 0. The molecule has 1 aliphatic rings. The summed E-state index contributed by atoms with van der Waals surface area (Å²) in [6.07, 6.45) is 3.89. The monoisotopic (exact) mass is 343 g/mol. The third-order valence-corrected chi connectivity index (χ3v) is 4.79. The molecule has 2 heteroatoms. The predicted octanol–water partition coefficient (Wildman–Crippen LogP) is 4.84. The molecule has 1 aromatic carbocycles. The van der Waals surface area contributed by atoms with Crippen molar-refractivity contribution >= 4 is 28.3 Å². The van der Waals surface area contributed by atoms with Gasteiger partial charge in [-0.15, -0.1) is 0 Å². The van der Waals surface area contributed by atoms with Gasteiger partial charge in [-0.05, 0) is 81.7 Å². The lowest BCUT2D eigenvalue weighted by molar-refractivity contribution is 0.244. The second-order valence-electron chi connectivity index (χ2n) is 6.27. The minimum absolute atomic E-state index is 0.253. The lowest BCUT2D eigenvalue weighted by atomic mass is 9.79. The van der Waals surface area contributed by atoms with Crippen molar-refractivity contribution in [3.63, 3.8) is 0 Å². The van der Waals surface area contributed by atoms with Crippen LogP contribution in [0.2, 0.25) is 0 Å². The van der Waals surface area contributed by atoms with E-state index in [4.69, 9.17) is 0 Å². The normalized spacial score (nSPS) is 22.5. The van der Waals surface area contributed by atoms with E-state index in [9.17, 15) is 0 Å². The van der Waals surface area contributed by atoms with Crippen molar-refractivity contribution in [2.45, 2.75) is 58.0 Å². The van der Waals surface area contributed by atoms with Crippen LogP contribution < -0.4 is 4.90 Å². The van der Waals surface area contributed by atoms with Crippen LogP contribution in [0.1, 0.15) is 47.0 Å². The van der Waals surface area contributed by atoms with Gasteiger partial charge >= 0.3 is 0 Å². The van der Waals surface area contributed by atoms with Crippen LogP contribution in [-0.4, -0.2) is 11.1 Å². The Bertz CT molecular complexity index is 393. The molecule has 0 saturated carbocycles. The minimum Gasteiger partial charge on any atom is -0.360 e. The van der Waals surface area contributed by atoms with Crippen LogP contribution in [0.15, 0.2) is 24.3 Å². The number of anilines is 1. The molecule has 1 heterocycles. The van der Waals surface area contributed by atoms with E-state index in [1.54, 1.807) is 0 Å². The van der Waals surface area contributed by atoms with Crippen molar-refractivity contribution < 1.29 is 0 Å². The molecule has 2 rings (SSSR count). The van der Waals surface area contributed by atoms with E-state index in [0.717, 1.165) is 0 Å². The summed E-state index contributed by atoms with van der Waals surface area (Å²) in [4.78, 5) is 2.63. The number of piperidine rings is 1. The Morgan fingerprint density at radius 1 is 1.00 bits per heavy atom. The highest BCUT2D eigenvalue weighted by molar-refractivity contribution is 14.1. The van der Waals surface area contributed by atoms with Gasteiger partial charge in [-0.1, -0.05) is 12.1 Å². The molecule has 1 saturated heterocycles. The van der Waals surface area contributed by atoms with E-state index < -0.39 is 0 Å². The maximum atomic E-state index is 2.63. The van der Waals surface area contributed by atoms with Gasteiger partial charge in [-0.25, -0.2) is 0 Å². The number of hydrogen-bond donors (Lipinski definition) is 0. The predicted molar refractivity (Wildman–Crippen MR) is 83.6 cm³/mol. The average molecular weight is 343 g/mol. The summed E-state index contributed by atoms with van der Waals surface area (Å²) >= 11 is 2.45. The molecule has 0 unspecified atom stereocenters. The van der Waals surface area contributed by atoms with Crippen molar-refractivity contribution in [3.05, 3.63) is 27.8 Å². The highest BCUT2D eigenvalue weighted by Crippen LogP contribution is 2.43. The van der Waals surface area contributed by atoms with Gasteiger partial charge in [0.05, 0.1) is 5.69 Å². The summed E-state index contributed by atoms with van der Waals surface area (Å²) in [5.41, 5.74) is 1.90. The Morgan fingerprint density at radius 3 is 2.06 bits per heavy atom. The Kier molecular flexibility index (Phi) is 3.45. The van der Waals surface area contributed by atoms with E-state index in [-0.39, 0.29) is 11.1 Å². The zero-order valence-corrected chi connectivity index (χ0v) is 13.4. The summed E-state index contributed by atoms with van der Waals surface area (Å²) in [5.74, 6) is 0. The molecule has 0 radical (unpaired) electrons. The lowest BCUT2D eigenvalue weighted by Gasteiger charge is -2.54. The molecule has 1 nitrogen and oxygen atoms in total. The Labute approximate surface area is 119 Å². The number of halogens is 1. The van der Waals surface area contributed by atoms with Crippen LogP contribution in [0.5, 0.6) is 0 Å². The summed E-state index contributed by atoms with van der Waals surface area (Å²) in [6, 6.07) is 8.74. The molecule has 0 amide bonds. The van der Waals surface area contributed by atoms with Crippen LogP contribution in [0.4, 0.5) is 5.69 Å². The molecule has 0 atom stereocenters. The molecule has 0 aromatic heterocycles. The third-order valence-electron chi connectivity index (χ3n) is 3.88. The first-order valence-electron chi connectivity index (χ1n) is 6.39. The fourth-order valence-corrected chi connectivity index (χ4v) is 3.91. The Morgan fingerprint density at radius 2 is 1.53 bits per heavy atom. The molecular formula is C15H22IN. The maximum Gasteiger partial charge on any atom is 0.0510 e. The Hall–Kier alpha value is -0.250. The van der Waals surface area contributed by atoms with Crippen LogP contribution in [0, 0.1) is 3.57 Å². The standard InChI is InChI=1S/C15H22IN/c1-14(2)10-7-11-15(3,4)17(14)13-9-6-5-8-12(13)16/h5-6,8-9H,7,10-11H2,1-4H3. The van der Waals surface area contributed by atoms with Crippen molar-refractivity contribution in [2.24, 2.45) is 0 Å². The molecular weight excluding hydrogens is 321 g/mol. The molecule has 17 heavy (non-hydrogen) atoms. The fraction of sp³-hybridized carbons (Fsp3) is 0.600. The summed E-state index contributed by atoms with van der Waals surface area (Å²) in [6.45, 7) is 9.49. The smallest absolute Gasteiger partial charge is 0.0510 e. The molecule has 0 aliphatic carbocycles. The second-order valence-corrected chi connectivity index (χ2v) is 7.43. The van der Waals surface area contributed by atoms with Crippen LogP contribution in [-0.2, 0) is 0 Å². The fourth-order valence-electron chi connectivity index (χ4n) is 3.28. The van der Waals surface area contributed by atoms with Crippen LogP contribution >= 0.6 is 22.6 Å². The first kappa shape index (κ1) is 13.2. The number of rotatable bonds is 1. The topological polar surface area (TPSA) is 3.24 Å². The highest BCUT2D eigenvalue weighted by Gasteiger charge is 2.41. The highest BCUT2D eigenvalue weighted by atomic mass is 127. The maximum absolute atomic E-state index is 2.63. The van der Waals surface area contributed by atoms with Gasteiger partial charge in [-0.2, -0.15) is 0 Å². The van der Waals surface area contributed by atoms with E-state index in [1.807, 2.05) is 0 Å². The Balaban J connectivity index is 2.49. The number of benzene rings is 1. The van der Waals surface area contributed by atoms with Gasteiger partial charge in [-0.3, -0.25) is 0 Å². The second kappa shape index (κ2) is 4.45. The van der Waals surface area contributed by atoms with Gasteiger partial charge in [0, 0.05) is 14.6 Å². The van der Waals surface area contributed by atoms with E-state index in [2.05, 4.69) is 79.5 Å². The zero-order chi connectivity index (χ0) is 12.7. The number of para-hydroxylation sites is 1. The van der Waals surface area contributed by atoms with E-state index >= 15 is 0 Å². The average Bonchev–Trinajstić information content (AvgIpc) is 2.18. The first-order valence-corrected chi connectivity index (χ1v) is 7.47. The van der Waals surface area contributed by atoms with E-state index in [0.29, 0.717) is 0 Å². The molecule has 1 fully saturated rings. The van der Waals surface area contributed by atoms with Crippen LogP contribution in [0.3, 0.4) is 0 Å². The van der Waals surface area contributed by atoms with Crippen molar-refractivity contribution in [1.29, 1.82) is 0 Å². The van der Waals surface area contributed by atoms with Crippen molar-refractivity contribution in [2.75, 3.05) is 4.90 Å². The lowest BCUT2D eigenvalue weighted by Crippen LogP contribution is -2.59. The molecule has 1 aliphatic heterocycles. The summed E-state index contributed by atoms with van der Waals surface area (Å²) in [7, 11) is 0. The number of nitrogens with zero attached hydrogens (tertiary/aromatic N) is 1. The largest absolute Gasteiger partial charge is 0.360 e. The van der Waals surface area contributed by atoms with Gasteiger partial charge in [0.2, 0.25) is 0 Å². The molecule has 0 spiro atoms. The van der Waals surface area contributed by atoms with Crippen LogP contribution in [0.25, 0.3) is 0 Å². The van der Waals surface area contributed by atoms with Gasteiger partial charge < -0.3 is 4.90 Å². The minimum atomic E-state index is 0.253. The van der Waals surface area contributed by atoms with E-state index in [1.165, 1.54) is 28.5 Å². The molecule has 94 valence electrons. The zero-order valence-electron chi connectivity index (χ0n) is 11.3. The van der Waals surface area contributed by atoms with Crippen molar-refractivity contribution in [1.82, 2.24) is 0 Å². The third kappa shape index (κ3) is 2.47. The van der Waals surface area contributed by atoms with Gasteiger partial charge in [0.1, 0.15) is 0 Å². The quantitative estimate of drug-likeness (QED) is 0.660. The molecule has 0 N–H and O–H groups in total.